The van der Waals surface area contributed by atoms with Crippen molar-refractivity contribution in [3.8, 4) is 11.1 Å². The Hall–Kier alpha value is -2.34. The Kier molecular flexibility index (Phi) is 4.62. The average Bonchev–Trinajstić information content (AvgIpc) is 2.57. The Morgan fingerprint density at radius 1 is 0.522 bits per heavy atom. The summed E-state index contributed by atoms with van der Waals surface area (Å²) < 4.78 is 0. The van der Waals surface area contributed by atoms with E-state index in [1.165, 1.54) is 38.9 Å². The monoisotopic (exact) mass is 300 g/mol. The predicted octanol–water partition coefficient (Wildman–Crippen LogP) is 6.06. The maximum atomic E-state index is 2.32. The zero-order valence-corrected chi connectivity index (χ0v) is 14.3. The molecule has 0 radical (unpaired) electrons. The van der Waals surface area contributed by atoms with Crippen molar-refractivity contribution in [1.29, 1.82) is 0 Å². The summed E-state index contributed by atoms with van der Waals surface area (Å²) >= 11 is 0. The molecule has 23 heavy (non-hydrogen) atoms. The van der Waals surface area contributed by atoms with E-state index in [2.05, 4.69) is 87.5 Å². The van der Waals surface area contributed by atoms with Gasteiger partial charge >= 0.3 is 0 Å². The van der Waals surface area contributed by atoms with Gasteiger partial charge in [0.2, 0.25) is 0 Å². The zero-order valence-electron chi connectivity index (χ0n) is 14.3. The van der Waals surface area contributed by atoms with Crippen LogP contribution < -0.4 is 0 Å². The Labute approximate surface area is 139 Å². The molecule has 0 unspecified atom stereocenters. The molecule has 0 nitrogen and oxygen atoms in total. The van der Waals surface area contributed by atoms with Gasteiger partial charge in [-0.25, -0.2) is 0 Å². The summed E-state index contributed by atoms with van der Waals surface area (Å²) in [6, 6.07) is 24.5. The van der Waals surface area contributed by atoms with Gasteiger partial charge in [0.1, 0.15) is 0 Å². The normalized spacial score (nSPS) is 10.7. The molecule has 0 amide bonds. The molecular formula is C23H24. The van der Waals surface area contributed by atoms with Gasteiger partial charge in [-0.2, -0.15) is 0 Å². The van der Waals surface area contributed by atoms with E-state index in [0.29, 0.717) is 0 Å². The fourth-order valence-electron chi connectivity index (χ4n) is 2.86. The van der Waals surface area contributed by atoms with Crippen LogP contribution >= 0.6 is 0 Å². The maximum Gasteiger partial charge on any atom is -0.0184 e. The zero-order chi connectivity index (χ0) is 16.2. The summed E-state index contributed by atoms with van der Waals surface area (Å²) in [6.45, 7) is 6.48. The Morgan fingerprint density at radius 2 is 1.04 bits per heavy atom. The lowest BCUT2D eigenvalue weighted by atomic mass is 9.98. The Balaban J connectivity index is 1.67. The van der Waals surface area contributed by atoms with Crippen molar-refractivity contribution >= 4 is 0 Å². The molecule has 0 heteroatoms. The topological polar surface area (TPSA) is 0 Å². The number of rotatable bonds is 4. The van der Waals surface area contributed by atoms with Crippen molar-refractivity contribution < 1.29 is 0 Å². The lowest BCUT2D eigenvalue weighted by Crippen LogP contribution is -1.93. The van der Waals surface area contributed by atoms with Gasteiger partial charge in [-0.05, 0) is 67.0 Å². The summed E-state index contributed by atoms with van der Waals surface area (Å²) in [5.74, 6) is 0. The van der Waals surface area contributed by atoms with Crippen LogP contribution in [0.2, 0.25) is 0 Å². The largest absolute Gasteiger partial charge is 0.0588 e. The van der Waals surface area contributed by atoms with E-state index in [1.807, 2.05) is 0 Å². The van der Waals surface area contributed by atoms with Crippen LogP contribution in [0.5, 0.6) is 0 Å². The molecule has 3 rings (SSSR count). The van der Waals surface area contributed by atoms with Crippen LogP contribution in [0.4, 0.5) is 0 Å². The highest BCUT2D eigenvalue weighted by Gasteiger charge is 2.01. The summed E-state index contributed by atoms with van der Waals surface area (Å²) in [5, 5.41) is 0. The smallest absolute Gasteiger partial charge is 0.0184 e. The lowest BCUT2D eigenvalue weighted by molar-refractivity contribution is 0.957. The highest BCUT2D eigenvalue weighted by atomic mass is 14.1. The van der Waals surface area contributed by atoms with Gasteiger partial charge in [-0.1, -0.05) is 72.3 Å². The Morgan fingerprint density at radius 3 is 1.65 bits per heavy atom. The number of benzene rings is 3. The van der Waals surface area contributed by atoms with Crippen LogP contribution in [-0.2, 0) is 12.8 Å². The predicted molar refractivity (Wildman–Crippen MR) is 99.9 cm³/mol. The van der Waals surface area contributed by atoms with Gasteiger partial charge < -0.3 is 0 Å². The van der Waals surface area contributed by atoms with E-state index in [1.54, 1.807) is 0 Å². The molecule has 0 fully saturated rings. The third-order valence-corrected chi connectivity index (χ3v) is 4.61. The van der Waals surface area contributed by atoms with Crippen molar-refractivity contribution in [2.24, 2.45) is 0 Å². The van der Waals surface area contributed by atoms with Gasteiger partial charge in [0.05, 0.1) is 0 Å². The van der Waals surface area contributed by atoms with Crippen LogP contribution in [0.15, 0.2) is 66.7 Å². The summed E-state index contributed by atoms with van der Waals surface area (Å²) in [6.07, 6.45) is 2.20. The second-order valence-corrected chi connectivity index (χ2v) is 6.48. The molecule has 0 aromatic heterocycles. The highest BCUT2D eigenvalue weighted by Crippen LogP contribution is 2.21. The third-order valence-electron chi connectivity index (χ3n) is 4.61. The average molecular weight is 300 g/mol. The number of aryl methyl sites for hydroxylation is 5. The van der Waals surface area contributed by atoms with Crippen molar-refractivity contribution in [1.82, 2.24) is 0 Å². The molecule has 0 heterocycles. The minimum atomic E-state index is 1.09. The summed E-state index contributed by atoms with van der Waals surface area (Å²) in [5.41, 5.74) is 9.47. The fraction of sp³-hybridized carbons (Fsp3) is 0.217. The summed E-state index contributed by atoms with van der Waals surface area (Å²) in [7, 11) is 0. The molecule has 0 N–H and O–H groups in total. The number of hydrogen-bond acceptors (Lipinski definition) is 0. The van der Waals surface area contributed by atoms with E-state index in [0.717, 1.165) is 12.8 Å². The fourth-order valence-corrected chi connectivity index (χ4v) is 2.86. The van der Waals surface area contributed by atoms with Crippen LogP contribution in [0, 0.1) is 20.8 Å². The molecule has 3 aromatic carbocycles. The minimum absolute atomic E-state index is 1.09. The van der Waals surface area contributed by atoms with Crippen molar-refractivity contribution in [2.45, 2.75) is 33.6 Å². The first-order chi connectivity index (χ1) is 11.1. The third kappa shape index (κ3) is 3.90. The second kappa shape index (κ2) is 6.83. The van der Waals surface area contributed by atoms with Gasteiger partial charge in [0.15, 0.2) is 0 Å². The van der Waals surface area contributed by atoms with Crippen molar-refractivity contribution in [3.05, 3.63) is 94.5 Å². The molecule has 0 saturated carbocycles. The summed E-state index contributed by atoms with van der Waals surface area (Å²) in [4.78, 5) is 0. The lowest BCUT2D eigenvalue weighted by Gasteiger charge is -2.07. The minimum Gasteiger partial charge on any atom is -0.0588 e. The number of hydrogen-bond donors (Lipinski definition) is 0. The van der Waals surface area contributed by atoms with E-state index in [4.69, 9.17) is 0 Å². The van der Waals surface area contributed by atoms with Gasteiger partial charge in [-0.15, -0.1) is 0 Å². The van der Waals surface area contributed by atoms with Crippen molar-refractivity contribution in [3.63, 3.8) is 0 Å². The van der Waals surface area contributed by atoms with Gasteiger partial charge in [0, 0.05) is 0 Å². The molecule has 0 saturated heterocycles. The van der Waals surface area contributed by atoms with Crippen LogP contribution in [0.1, 0.15) is 27.8 Å². The van der Waals surface area contributed by atoms with E-state index in [9.17, 15) is 0 Å². The molecule has 0 atom stereocenters. The van der Waals surface area contributed by atoms with Gasteiger partial charge in [-0.3, -0.25) is 0 Å². The molecular weight excluding hydrogens is 276 g/mol. The molecule has 0 aliphatic carbocycles. The van der Waals surface area contributed by atoms with Crippen LogP contribution in [-0.4, -0.2) is 0 Å². The SMILES string of the molecule is Cc1ccc(-c2ccc(CCc3ccc(C)c(C)c3)cc2)cc1. The first-order valence-corrected chi connectivity index (χ1v) is 8.34. The molecule has 116 valence electrons. The second-order valence-electron chi connectivity index (χ2n) is 6.48. The first kappa shape index (κ1) is 15.6. The molecule has 3 aromatic rings. The quantitative estimate of drug-likeness (QED) is 0.549. The highest BCUT2D eigenvalue weighted by molar-refractivity contribution is 5.63. The van der Waals surface area contributed by atoms with E-state index >= 15 is 0 Å². The standard InChI is InChI=1S/C23H24/c1-17-4-12-22(13-5-17)23-14-10-20(11-15-23)8-9-21-7-6-18(2)19(3)16-21/h4-7,10-16H,8-9H2,1-3H3. The van der Waals surface area contributed by atoms with Crippen LogP contribution in [0.3, 0.4) is 0 Å². The first-order valence-electron chi connectivity index (χ1n) is 8.34. The van der Waals surface area contributed by atoms with Crippen LogP contribution in [0.25, 0.3) is 11.1 Å². The Bertz CT molecular complexity index is 777. The van der Waals surface area contributed by atoms with Gasteiger partial charge in [0.25, 0.3) is 0 Å². The van der Waals surface area contributed by atoms with Crippen molar-refractivity contribution in [2.75, 3.05) is 0 Å². The molecule has 0 aliphatic heterocycles. The molecule has 0 spiro atoms. The maximum absolute atomic E-state index is 2.32. The molecule has 0 bridgehead atoms. The van der Waals surface area contributed by atoms with E-state index in [-0.39, 0.29) is 0 Å². The van der Waals surface area contributed by atoms with E-state index < -0.39 is 0 Å². The molecule has 0 aliphatic rings.